The standard InChI is InChI=1S/C15H32N2/c1-5-13(6-2)12-14(16)15(17(3)4)10-8-7-9-11-15/h13-14H,5-12,16H2,1-4H3. The maximum atomic E-state index is 6.59. The number of hydrogen-bond donors (Lipinski definition) is 1. The molecule has 1 saturated carbocycles. The Morgan fingerprint density at radius 1 is 1.06 bits per heavy atom. The number of hydrogen-bond acceptors (Lipinski definition) is 2. The first-order valence-corrected chi connectivity index (χ1v) is 7.49. The summed E-state index contributed by atoms with van der Waals surface area (Å²) in [4.78, 5) is 2.42. The molecule has 1 atom stereocenters. The minimum absolute atomic E-state index is 0.279. The van der Waals surface area contributed by atoms with E-state index in [2.05, 4.69) is 32.8 Å². The van der Waals surface area contributed by atoms with Crippen LogP contribution < -0.4 is 5.73 Å². The minimum Gasteiger partial charge on any atom is -0.326 e. The van der Waals surface area contributed by atoms with Gasteiger partial charge in [0.1, 0.15) is 0 Å². The van der Waals surface area contributed by atoms with Gasteiger partial charge in [-0.2, -0.15) is 0 Å². The zero-order chi connectivity index (χ0) is 12.9. The summed E-state index contributed by atoms with van der Waals surface area (Å²) in [5.41, 5.74) is 6.87. The van der Waals surface area contributed by atoms with Crippen LogP contribution in [0.4, 0.5) is 0 Å². The summed E-state index contributed by atoms with van der Waals surface area (Å²) in [6.45, 7) is 4.59. The third-order valence-corrected chi connectivity index (χ3v) is 5.04. The molecule has 1 aliphatic rings. The van der Waals surface area contributed by atoms with Crippen LogP contribution in [0.15, 0.2) is 0 Å². The Kier molecular flexibility index (Phi) is 5.94. The molecule has 0 aromatic rings. The van der Waals surface area contributed by atoms with E-state index in [4.69, 9.17) is 5.73 Å². The molecule has 102 valence electrons. The average Bonchev–Trinajstić information content (AvgIpc) is 2.36. The Hall–Kier alpha value is -0.0800. The molecule has 0 bridgehead atoms. The highest BCUT2D eigenvalue weighted by Crippen LogP contribution is 2.36. The van der Waals surface area contributed by atoms with Crippen molar-refractivity contribution < 1.29 is 0 Å². The highest BCUT2D eigenvalue weighted by molar-refractivity contribution is 4.99. The lowest BCUT2D eigenvalue weighted by molar-refractivity contribution is 0.0615. The molecule has 0 spiro atoms. The molecule has 0 aromatic heterocycles. The van der Waals surface area contributed by atoms with Crippen LogP contribution in [0.2, 0.25) is 0 Å². The Morgan fingerprint density at radius 2 is 1.59 bits per heavy atom. The van der Waals surface area contributed by atoms with Crippen LogP contribution in [0, 0.1) is 5.92 Å². The van der Waals surface area contributed by atoms with Crippen LogP contribution in [0.5, 0.6) is 0 Å². The Balaban J connectivity index is 2.69. The molecule has 0 aromatic carbocycles. The lowest BCUT2D eigenvalue weighted by Crippen LogP contribution is -2.58. The first-order chi connectivity index (χ1) is 8.06. The Bertz CT molecular complexity index is 203. The quantitative estimate of drug-likeness (QED) is 0.771. The third kappa shape index (κ3) is 3.45. The number of nitrogens with zero attached hydrogens (tertiary/aromatic N) is 1. The molecule has 2 heteroatoms. The molecule has 2 nitrogen and oxygen atoms in total. The van der Waals surface area contributed by atoms with E-state index in [1.54, 1.807) is 0 Å². The maximum Gasteiger partial charge on any atom is 0.0354 e. The molecule has 0 saturated heterocycles. The van der Waals surface area contributed by atoms with Crippen molar-refractivity contribution in [2.45, 2.75) is 76.8 Å². The topological polar surface area (TPSA) is 29.3 Å². The predicted molar refractivity (Wildman–Crippen MR) is 76.2 cm³/mol. The Morgan fingerprint density at radius 3 is 2.00 bits per heavy atom. The monoisotopic (exact) mass is 240 g/mol. The molecule has 0 amide bonds. The van der Waals surface area contributed by atoms with E-state index >= 15 is 0 Å². The average molecular weight is 240 g/mol. The number of likely N-dealkylation sites (N-methyl/N-ethyl adjacent to an activating group) is 1. The zero-order valence-electron chi connectivity index (χ0n) is 12.3. The fourth-order valence-corrected chi connectivity index (χ4v) is 3.51. The second-order valence-electron chi connectivity index (χ2n) is 6.08. The van der Waals surface area contributed by atoms with Gasteiger partial charge in [-0.05, 0) is 39.3 Å². The van der Waals surface area contributed by atoms with Crippen molar-refractivity contribution in [3.8, 4) is 0 Å². The molecule has 1 unspecified atom stereocenters. The largest absolute Gasteiger partial charge is 0.326 e. The van der Waals surface area contributed by atoms with Crippen molar-refractivity contribution in [1.82, 2.24) is 4.90 Å². The van der Waals surface area contributed by atoms with E-state index in [9.17, 15) is 0 Å². The van der Waals surface area contributed by atoms with Gasteiger partial charge < -0.3 is 10.6 Å². The fourth-order valence-electron chi connectivity index (χ4n) is 3.51. The summed E-state index contributed by atoms with van der Waals surface area (Å²) in [7, 11) is 4.44. The zero-order valence-corrected chi connectivity index (χ0v) is 12.3. The maximum absolute atomic E-state index is 6.59. The normalized spacial score (nSPS) is 22.1. The second kappa shape index (κ2) is 6.75. The summed E-state index contributed by atoms with van der Waals surface area (Å²) in [5.74, 6) is 0.809. The van der Waals surface area contributed by atoms with Gasteiger partial charge in [0.25, 0.3) is 0 Å². The summed E-state index contributed by atoms with van der Waals surface area (Å²) in [6, 6.07) is 0.350. The van der Waals surface area contributed by atoms with Crippen molar-refractivity contribution in [1.29, 1.82) is 0 Å². The van der Waals surface area contributed by atoms with E-state index < -0.39 is 0 Å². The Labute approximate surface area is 108 Å². The first-order valence-electron chi connectivity index (χ1n) is 7.49. The third-order valence-electron chi connectivity index (χ3n) is 5.04. The summed E-state index contributed by atoms with van der Waals surface area (Å²) in [5, 5.41) is 0. The van der Waals surface area contributed by atoms with Gasteiger partial charge in [0.2, 0.25) is 0 Å². The molecule has 1 rings (SSSR count). The van der Waals surface area contributed by atoms with Crippen LogP contribution in [-0.2, 0) is 0 Å². The summed E-state index contributed by atoms with van der Waals surface area (Å²) < 4.78 is 0. The minimum atomic E-state index is 0.279. The molecular formula is C15H32N2. The van der Waals surface area contributed by atoms with Crippen molar-refractivity contribution in [3.63, 3.8) is 0 Å². The van der Waals surface area contributed by atoms with Gasteiger partial charge in [-0.25, -0.2) is 0 Å². The van der Waals surface area contributed by atoms with E-state index in [1.165, 1.54) is 51.4 Å². The van der Waals surface area contributed by atoms with Gasteiger partial charge in [-0.1, -0.05) is 46.0 Å². The summed E-state index contributed by atoms with van der Waals surface area (Å²) in [6.07, 6.45) is 10.4. The van der Waals surface area contributed by atoms with Crippen molar-refractivity contribution in [2.75, 3.05) is 14.1 Å². The summed E-state index contributed by atoms with van der Waals surface area (Å²) >= 11 is 0. The molecule has 0 heterocycles. The molecule has 0 radical (unpaired) electrons. The fraction of sp³-hybridized carbons (Fsp3) is 1.00. The lowest BCUT2D eigenvalue weighted by atomic mass is 9.72. The van der Waals surface area contributed by atoms with E-state index in [0.29, 0.717) is 6.04 Å². The molecule has 1 aliphatic carbocycles. The van der Waals surface area contributed by atoms with Gasteiger partial charge in [0, 0.05) is 11.6 Å². The van der Waals surface area contributed by atoms with Gasteiger partial charge in [-0.3, -0.25) is 0 Å². The van der Waals surface area contributed by atoms with Crippen LogP contribution in [0.3, 0.4) is 0 Å². The van der Waals surface area contributed by atoms with Gasteiger partial charge in [0.15, 0.2) is 0 Å². The van der Waals surface area contributed by atoms with E-state index in [-0.39, 0.29) is 5.54 Å². The molecule has 17 heavy (non-hydrogen) atoms. The van der Waals surface area contributed by atoms with Crippen molar-refractivity contribution in [3.05, 3.63) is 0 Å². The first kappa shape index (κ1) is 15.0. The number of nitrogens with two attached hydrogens (primary N) is 1. The van der Waals surface area contributed by atoms with Crippen molar-refractivity contribution >= 4 is 0 Å². The highest BCUT2D eigenvalue weighted by atomic mass is 15.2. The molecular weight excluding hydrogens is 208 g/mol. The molecule has 1 fully saturated rings. The molecule has 0 aliphatic heterocycles. The SMILES string of the molecule is CCC(CC)CC(N)C1(N(C)C)CCCCC1. The highest BCUT2D eigenvalue weighted by Gasteiger charge is 2.40. The smallest absolute Gasteiger partial charge is 0.0354 e. The van der Waals surface area contributed by atoms with Crippen LogP contribution in [0.25, 0.3) is 0 Å². The number of rotatable bonds is 6. The second-order valence-corrected chi connectivity index (χ2v) is 6.08. The van der Waals surface area contributed by atoms with Crippen LogP contribution in [0.1, 0.15) is 65.2 Å². The van der Waals surface area contributed by atoms with Crippen LogP contribution in [-0.4, -0.2) is 30.6 Å². The van der Waals surface area contributed by atoms with Crippen LogP contribution >= 0.6 is 0 Å². The van der Waals surface area contributed by atoms with E-state index in [0.717, 1.165) is 5.92 Å². The predicted octanol–water partition coefficient (Wildman–Crippen LogP) is 3.40. The van der Waals surface area contributed by atoms with E-state index in [1.807, 2.05) is 0 Å². The van der Waals surface area contributed by atoms with Crippen molar-refractivity contribution in [2.24, 2.45) is 11.7 Å². The lowest BCUT2D eigenvalue weighted by Gasteiger charge is -2.48. The van der Waals surface area contributed by atoms with Gasteiger partial charge >= 0.3 is 0 Å². The van der Waals surface area contributed by atoms with Gasteiger partial charge in [-0.15, -0.1) is 0 Å². The molecule has 2 N–H and O–H groups in total. The van der Waals surface area contributed by atoms with Gasteiger partial charge in [0.05, 0.1) is 0 Å².